The van der Waals surface area contributed by atoms with Crippen LogP contribution in [0, 0.1) is 10.1 Å². The second kappa shape index (κ2) is 6.24. The zero-order chi connectivity index (χ0) is 20.1. The van der Waals surface area contributed by atoms with E-state index in [0.29, 0.717) is 27.7 Å². The van der Waals surface area contributed by atoms with Crippen LogP contribution >= 0.6 is 0 Å². The van der Waals surface area contributed by atoms with Gasteiger partial charge in [0, 0.05) is 17.7 Å². The average molecular weight is 383 g/mol. The Morgan fingerprint density at radius 3 is 2.38 bits per heavy atom. The predicted molar refractivity (Wildman–Crippen MR) is 107 cm³/mol. The molecular weight excluding hydrogens is 370 g/mol. The van der Waals surface area contributed by atoms with Crippen LogP contribution in [0.4, 0.5) is 5.69 Å². The SMILES string of the molecule is O=C1c2c(oc3ccccc3c2=O)-c2ccc([N+](=O)[O-])cc2C1c1ccccc1. The molecule has 0 saturated heterocycles. The molecule has 0 fully saturated rings. The van der Waals surface area contributed by atoms with Crippen molar-refractivity contribution in [1.29, 1.82) is 0 Å². The van der Waals surface area contributed by atoms with Gasteiger partial charge in [0.05, 0.1) is 16.2 Å². The van der Waals surface area contributed by atoms with Gasteiger partial charge in [-0.25, -0.2) is 0 Å². The topological polar surface area (TPSA) is 90.4 Å². The van der Waals surface area contributed by atoms with Gasteiger partial charge in [0.25, 0.3) is 5.69 Å². The number of fused-ring (bicyclic) bond motifs is 4. The molecule has 6 heteroatoms. The number of non-ortho nitro benzene ring substituents is 1. The molecule has 1 aliphatic carbocycles. The lowest BCUT2D eigenvalue weighted by Crippen LogP contribution is -2.27. The fourth-order valence-electron chi connectivity index (χ4n) is 3.93. The van der Waals surface area contributed by atoms with E-state index < -0.39 is 22.1 Å². The van der Waals surface area contributed by atoms with E-state index >= 15 is 0 Å². The molecule has 0 aliphatic heterocycles. The van der Waals surface area contributed by atoms with Crippen molar-refractivity contribution in [2.75, 3.05) is 0 Å². The first-order chi connectivity index (χ1) is 14.1. The second-order valence-corrected chi connectivity index (χ2v) is 6.87. The lowest BCUT2D eigenvalue weighted by atomic mass is 9.76. The molecule has 29 heavy (non-hydrogen) atoms. The maximum Gasteiger partial charge on any atom is 0.269 e. The van der Waals surface area contributed by atoms with E-state index in [4.69, 9.17) is 4.42 Å². The third kappa shape index (κ3) is 2.50. The van der Waals surface area contributed by atoms with E-state index in [0.717, 1.165) is 0 Å². The molecular formula is C23H13NO5. The van der Waals surface area contributed by atoms with Crippen molar-refractivity contribution in [2.24, 2.45) is 0 Å². The molecule has 0 N–H and O–H groups in total. The quantitative estimate of drug-likeness (QED) is 0.370. The molecule has 5 rings (SSSR count). The molecule has 0 bridgehead atoms. The van der Waals surface area contributed by atoms with Crippen molar-refractivity contribution >= 4 is 22.4 Å². The molecule has 140 valence electrons. The zero-order valence-electron chi connectivity index (χ0n) is 15.0. The van der Waals surface area contributed by atoms with E-state index in [-0.39, 0.29) is 17.0 Å². The summed E-state index contributed by atoms with van der Waals surface area (Å²) in [5.41, 5.74) is 1.48. The van der Waals surface area contributed by atoms with Gasteiger partial charge in [-0.05, 0) is 29.3 Å². The number of benzene rings is 3. The largest absolute Gasteiger partial charge is 0.455 e. The first kappa shape index (κ1) is 17.1. The number of carbonyl (C=O) groups is 1. The Balaban J connectivity index is 1.89. The highest BCUT2D eigenvalue weighted by molar-refractivity contribution is 6.12. The molecule has 1 heterocycles. The molecule has 6 nitrogen and oxygen atoms in total. The third-order valence-electron chi connectivity index (χ3n) is 5.24. The van der Waals surface area contributed by atoms with Crippen molar-refractivity contribution in [2.45, 2.75) is 5.92 Å². The average Bonchev–Trinajstić information content (AvgIpc) is 2.74. The maximum atomic E-state index is 13.5. The molecule has 0 saturated carbocycles. The molecule has 4 aromatic rings. The summed E-state index contributed by atoms with van der Waals surface area (Å²) in [4.78, 5) is 37.5. The summed E-state index contributed by atoms with van der Waals surface area (Å²) in [5, 5.41) is 11.7. The minimum Gasteiger partial charge on any atom is -0.455 e. The van der Waals surface area contributed by atoms with Gasteiger partial charge in [-0.15, -0.1) is 0 Å². The third-order valence-corrected chi connectivity index (χ3v) is 5.24. The van der Waals surface area contributed by atoms with E-state index in [9.17, 15) is 19.7 Å². The number of ketones is 1. The van der Waals surface area contributed by atoms with Gasteiger partial charge < -0.3 is 4.42 Å². The molecule has 1 atom stereocenters. The molecule has 1 unspecified atom stereocenters. The molecule has 0 spiro atoms. The van der Waals surface area contributed by atoms with Crippen LogP contribution in [0.25, 0.3) is 22.3 Å². The van der Waals surface area contributed by atoms with E-state index in [1.165, 1.54) is 12.1 Å². The summed E-state index contributed by atoms with van der Waals surface area (Å²) in [7, 11) is 0. The first-order valence-corrected chi connectivity index (χ1v) is 9.00. The standard InChI is InChI=1S/C23H13NO5/c25-21-16-8-4-5-9-18(16)29-23-15-11-10-14(24(27)28)12-17(15)19(22(26)20(21)23)13-6-2-1-3-7-13/h1-12,19H. The Hall–Kier alpha value is -4.06. The lowest BCUT2D eigenvalue weighted by molar-refractivity contribution is -0.384. The predicted octanol–water partition coefficient (Wildman–Crippen LogP) is 4.70. The summed E-state index contributed by atoms with van der Waals surface area (Å²) in [6.45, 7) is 0. The Morgan fingerprint density at radius 1 is 0.897 bits per heavy atom. The minimum absolute atomic E-state index is 0.0149. The number of rotatable bonds is 2. The van der Waals surface area contributed by atoms with E-state index in [2.05, 4.69) is 0 Å². The highest BCUT2D eigenvalue weighted by atomic mass is 16.6. The molecule has 0 radical (unpaired) electrons. The van der Waals surface area contributed by atoms with Crippen molar-refractivity contribution in [3.63, 3.8) is 0 Å². The molecule has 1 aliphatic rings. The maximum absolute atomic E-state index is 13.5. The smallest absolute Gasteiger partial charge is 0.269 e. The summed E-state index contributed by atoms with van der Waals surface area (Å²) in [6.07, 6.45) is 0. The second-order valence-electron chi connectivity index (χ2n) is 6.87. The van der Waals surface area contributed by atoms with Crippen LogP contribution in [0.2, 0.25) is 0 Å². The number of Topliss-reactive ketones (excluding diaryl/α,β-unsaturated/α-hetero) is 1. The zero-order valence-corrected chi connectivity index (χ0v) is 15.0. The van der Waals surface area contributed by atoms with Crippen LogP contribution in [0.3, 0.4) is 0 Å². The minimum atomic E-state index is -0.817. The number of carbonyl (C=O) groups excluding carboxylic acids is 1. The molecule has 1 aromatic heterocycles. The number of hydrogen-bond acceptors (Lipinski definition) is 5. The van der Waals surface area contributed by atoms with Crippen LogP contribution in [-0.2, 0) is 0 Å². The van der Waals surface area contributed by atoms with E-state index in [1.807, 2.05) is 6.07 Å². The van der Waals surface area contributed by atoms with Crippen LogP contribution in [-0.4, -0.2) is 10.7 Å². The van der Waals surface area contributed by atoms with Crippen LogP contribution in [0.5, 0.6) is 0 Å². The molecule has 0 amide bonds. The fraction of sp³-hybridized carbons (Fsp3) is 0.0435. The Labute approximate surface area is 164 Å². The number of nitro groups is 1. The number of nitro benzene ring substituents is 1. The van der Waals surface area contributed by atoms with Crippen molar-refractivity contribution in [3.8, 4) is 11.3 Å². The Bertz CT molecular complexity index is 1370. The monoisotopic (exact) mass is 383 g/mol. The van der Waals surface area contributed by atoms with Gasteiger partial charge >= 0.3 is 0 Å². The Morgan fingerprint density at radius 2 is 1.62 bits per heavy atom. The van der Waals surface area contributed by atoms with Gasteiger partial charge in [0.15, 0.2) is 5.78 Å². The van der Waals surface area contributed by atoms with Crippen molar-refractivity contribution in [1.82, 2.24) is 0 Å². The van der Waals surface area contributed by atoms with Gasteiger partial charge in [-0.3, -0.25) is 19.7 Å². The highest BCUT2D eigenvalue weighted by Crippen LogP contribution is 2.43. The van der Waals surface area contributed by atoms with Gasteiger partial charge in [0.1, 0.15) is 16.9 Å². The fourth-order valence-corrected chi connectivity index (χ4v) is 3.93. The number of para-hydroxylation sites is 1. The van der Waals surface area contributed by atoms with Crippen LogP contribution in [0.1, 0.15) is 27.4 Å². The lowest BCUT2D eigenvalue weighted by Gasteiger charge is -2.25. The number of hydrogen-bond donors (Lipinski definition) is 0. The van der Waals surface area contributed by atoms with Gasteiger partial charge in [-0.2, -0.15) is 0 Å². The van der Waals surface area contributed by atoms with Gasteiger partial charge in [-0.1, -0.05) is 42.5 Å². The Kier molecular flexibility index (Phi) is 3.67. The van der Waals surface area contributed by atoms with E-state index in [1.54, 1.807) is 54.6 Å². The summed E-state index contributed by atoms with van der Waals surface area (Å²) >= 11 is 0. The van der Waals surface area contributed by atoms with Gasteiger partial charge in [0.2, 0.25) is 5.43 Å². The van der Waals surface area contributed by atoms with Crippen molar-refractivity contribution < 1.29 is 14.1 Å². The normalized spacial score (nSPS) is 15.0. The highest BCUT2D eigenvalue weighted by Gasteiger charge is 2.38. The summed E-state index contributed by atoms with van der Waals surface area (Å²) in [5.74, 6) is -1.07. The summed E-state index contributed by atoms with van der Waals surface area (Å²) < 4.78 is 5.96. The number of nitrogens with zero attached hydrogens (tertiary/aromatic N) is 1. The van der Waals surface area contributed by atoms with Crippen LogP contribution < -0.4 is 5.43 Å². The summed E-state index contributed by atoms with van der Waals surface area (Å²) in [6, 6.07) is 20.0. The molecule has 3 aromatic carbocycles. The first-order valence-electron chi connectivity index (χ1n) is 9.00. The van der Waals surface area contributed by atoms with Crippen molar-refractivity contribution in [3.05, 3.63) is 110 Å². The van der Waals surface area contributed by atoms with Crippen LogP contribution in [0.15, 0.2) is 82.0 Å².